The molecule has 104 valence electrons. The van der Waals surface area contributed by atoms with Crippen molar-refractivity contribution >= 4 is 34.3 Å². The molecule has 0 atom stereocenters. The molecule has 0 saturated heterocycles. The number of halogens is 4. The lowest BCUT2D eigenvalue weighted by atomic mass is 10.1. The SMILES string of the molecule is O=C(Nc1ccc(I)cn1)c1ccccc1C(F)(F)F. The van der Waals surface area contributed by atoms with Crippen molar-refractivity contribution in [1.82, 2.24) is 4.98 Å². The third-order valence-corrected chi connectivity index (χ3v) is 3.08. The number of alkyl halides is 3. The highest BCUT2D eigenvalue weighted by molar-refractivity contribution is 14.1. The Balaban J connectivity index is 2.28. The lowest BCUT2D eigenvalue weighted by Gasteiger charge is -2.12. The fraction of sp³-hybridized carbons (Fsp3) is 0.0769. The number of nitrogens with zero attached hydrogens (tertiary/aromatic N) is 1. The Morgan fingerprint density at radius 2 is 1.85 bits per heavy atom. The Labute approximate surface area is 126 Å². The minimum Gasteiger partial charge on any atom is -0.307 e. The van der Waals surface area contributed by atoms with Crippen LogP contribution in [0.5, 0.6) is 0 Å². The van der Waals surface area contributed by atoms with Crippen molar-refractivity contribution in [3.05, 3.63) is 57.3 Å². The summed E-state index contributed by atoms with van der Waals surface area (Å²) >= 11 is 2.03. The predicted octanol–water partition coefficient (Wildman–Crippen LogP) is 3.96. The number of aromatic nitrogens is 1. The highest BCUT2D eigenvalue weighted by Gasteiger charge is 2.34. The number of hydrogen-bond donors (Lipinski definition) is 1. The maximum atomic E-state index is 12.8. The molecule has 0 aliphatic heterocycles. The molecule has 0 radical (unpaired) electrons. The molecule has 1 aromatic carbocycles. The maximum Gasteiger partial charge on any atom is 0.417 e. The summed E-state index contributed by atoms with van der Waals surface area (Å²) in [5.74, 6) is -0.640. The summed E-state index contributed by atoms with van der Waals surface area (Å²) in [6.07, 6.45) is -3.07. The van der Waals surface area contributed by atoms with Crippen molar-refractivity contribution in [2.45, 2.75) is 6.18 Å². The number of amides is 1. The molecule has 1 amide bonds. The number of anilines is 1. The van der Waals surface area contributed by atoms with Gasteiger partial charge in [0.05, 0.1) is 11.1 Å². The molecule has 0 fully saturated rings. The van der Waals surface area contributed by atoms with E-state index in [1.807, 2.05) is 22.6 Å². The number of hydrogen-bond acceptors (Lipinski definition) is 2. The first-order valence-corrected chi connectivity index (χ1v) is 6.55. The van der Waals surface area contributed by atoms with Crippen LogP contribution >= 0.6 is 22.6 Å². The van der Waals surface area contributed by atoms with Gasteiger partial charge in [-0.25, -0.2) is 4.98 Å². The third kappa shape index (κ3) is 3.47. The van der Waals surface area contributed by atoms with Crippen molar-refractivity contribution in [3.63, 3.8) is 0 Å². The summed E-state index contributed by atoms with van der Waals surface area (Å²) in [4.78, 5) is 15.8. The average Bonchev–Trinajstić information content (AvgIpc) is 2.40. The zero-order valence-electron chi connectivity index (χ0n) is 9.91. The number of rotatable bonds is 2. The molecule has 7 heteroatoms. The van der Waals surface area contributed by atoms with Crippen molar-refractivity contribution in [3.8, 4) is 0 Å². The topological polar surface area (TPSA) is 42.0 Å². The summed E-state index contributed by atoms with van der Waals surface area (Å²) in [5.41, 5.74) is -1.40. The van der Waals surface area contributed by atoms with E-state index in [9.17, 15) is 18.0 Å². The lowest BCUT2D eigenvalue weighted by Crippen LogP contribution is -2.19. The van der Waals surface area contributed by atoms with Gasteiger partial charge in [0.25, 0.3) is 5.91 Å². The summed E-state index contributed by atoms with van der Waals surface area (Å²) < 4.78 is 39.3. The lowest BCUT2D eigenvalue weighted by molar-refractivity contribution is -0.137. The zero-order chi connectivity index (χ0) is 14.8. The van der Waals surface area contributed by atoms with Gasteiger partial charge in [-0.1, -0.05) is 12.1 Å². The molecule has 1 heterocycles. The molecule has 1 aromatic heterocycles. The number of pyridine rings is 1. The van der Waals surface area contributed by atoms with Crippen LogP contribution in [-0.4, -0.2) is 10.9 Å². The Hall–Kier alpha value is -1.64. The standard InChI is InChI=1S/C13H8F3IN2O/c14-13(15,16)10-4-2-1-3-9(10)12(20)19-11-6-5-8(17)7-18-11/h1-7H,(H,18,19,20). The van der Waals surface area contributed by atoms with E-state index in [1.54, 1.807) is 6.07 Å². The number of nitrogens with one attached hydrogen (secondary N) is 1. The van der Waals surface area contributed by atoms with Gasteiger partial charge in [0.1, 0.15) is 5.82 Å². The third-order valence-electron chi connectivity index (χ3n) is 2.45. The monoisotopic (exact) mass is 392 g/mol. The highest BCUT2D eigenvalue weighted by Crippen LogP contribution is 2.32. The molecule has 0 bridgehead atoms. The van der Waals surface area contributed by atoms with Gasteiger partial charge in [-0.2, -0.15) is 13.2 Å². The first kappa shape index (κ1) is 14.8. The molecule has 0 aliphatic rings. The van der Waals surface area contributed by atoms with E-state index in [0.717, 1.165) is 15.7 Å². The largest absolute Gasteiger partial charge is 0.417 e. The number of benzene rings is 1. The van der Waals surface area contributed by atoms with Crippen LogP contribution in [0.1, 0.15) is 15.9 Å². The molecule has 2 aromatic rings. The first-order chi connectivity index (χ1) is 9.38. The fourth-order valence-corrected chi connectivity index (χ4v) is 1.88. The molecule has 0 aliphatic carbocycles. The fourth-order valence-electron chi connectivity index (χ4n) is 1.56. The van der Waals surface area contributed by atoms with Crippen LogP contribution in [0, 0.1) is 3.57 Å². The van der Waals surface area contributed by atoms with Gasteiger partial charge in [0.2, 0.25) is 0 Å². The average molecular weight is 392 g/mol. The summed E-state index contributed by atoms with van der Waals surface area (Å²) in [7, 11) is 0. The van der Waals surface area contributed by atoms with Crippen LogP contribution in [0.2, 0.25) is 0 Å². The molecule has 0 spiro atoms. The Bertz CT molecular complexity index is 626. The van der Waals surface area contributed by atoms with E-state index in [1.165, 1.54) is 24.4 Å². The van der Waals surface area contributed by atoms with Crippen LogP contribution in [0.3, 0.4) is 0 Å². The highest BCUT2D eigenvalue weighted by atomic mass is 127. The Morgan fingerprint density at radius 1 is 1.15 bits per heavy atom. The molecule has 1 N–H and O–H groups in total. The van der Waals surface area contributed by atoms with E-state index in [-0.39, 0.29) is 5.82 Å². The second-order valence-corrected chi connectivity index (χ2v) is 5.10. The molecule has 3 nitrogen and oxygen atoms in total. The van der Waals surface area contributed by atoms with E-state index in [2.05, 4.69) is 10.3 Å². The van der Waals surface area contributed by atoms with E-state index in [4.69, 9.17) is 0 Å². The van der Waals surface area contributed by atoms with Crippen molar-refractivity contribution in [1.29, 1.82) is 0 Å². The number of carbonyl (C=O) groups excluding carboxylic acids is 1. The summed E-state index contributed by atoms with van der Waals surface area (Å²) in [6, 6.07) is 7.84. The zero-order valence-corrected chi connectivity index (χ0v) is 12.1. The number of carbonyl (C=O) groups is 1. The predicted molar refractivity (Wildman–Crippen MR) is 76.4 cm³/mol. The van der Waals surface area contributed by atoms with E-state index in [0.29, 0.717) is 0 Å². The molecular formula is C13H8F3IN2O. The van der Waals surface area contributed by atoms with Crippen molar-refractivity contribution in [2.24, 2.45) is 0 Å². The minimum absolute atomic E-state index is 0.201. The van der Waals surface area contributed by atoms with E-state index < -0.39 is 23.2 Å². The van der Waals surface area contributed by atoms with Gasteiger partial charge in [-0.3, -0.25) is 4.79 Å². The van der Waals surface area contributed by atoms with Crippen LogP contribution in [-0.2, 0) is 6.18 Å². The molecule has 0 saturated carbocycles. The van der Waals surface area contributed by atoms with Crippen molar-refractivity contribution < 1.29 is 18.0 Å². The first-order valence-electron chi connectivity index (χ1n) is 5.47. The second kappa shape index (κ2) is 5.78. The van der Waals surface area contributed by atoms with Gasteiger partial charge in [0.15, 0.2) is 0 Å². The van der Waals surface area contributed by atoms with Gasteiger partial charge in [-0.05, 0) is 46.9 Å². The Kier molecular flexibility index (Phi) is 4.26. The summed E-state index contributed by atoms with van der Waals surface area (Å²) in [5, 5.41) is 2.34. The minimum atomic E-state index is -4.58. The maximum absolute atomic E-state index is 12.8. The molecule has 20 heavy (non-hydrogen) atoms. The van der Waals surface area contributed by atoms with Crippen molar-refractivity contribution in [2.75, 3.05) is 5.32 Å². The quantitative estimate of drug-likeness (QED) is 0.787. The van der Waals surface area contributed by atoms with Gasteiger partial charge >= 0.3 is 6.18 Å². The van der Waals surface area contributed by atoms with Gasteiger partial charge in [-0.15, -0.1) is 0 Å². The molecule has 0 unspecified atom stereocenters. The smallest absolute Gasteiger partial charge is 0.307 e. The van der Waals surface area contributed by atoms with Crippen LogP contribution in [0.4, 0.5) is 19.0 Å². The van der Waals surface area contributed by atoms with Crippen LogP contribution < -0.4 is 5.32 Å². The molecule has 2 rings (SSSR count). The van der Waals surface area contributed by atoms with Crippen LogP contribution in [0.25, 0.3) is 0 Å². The second-order valence-electron chi connectivity index (χ2n) is 3.86. The van der Waals surface area contributed by atoms with Gasteiger partial charge < -0.3 is 5.32 Å². The summed E-state index contributed by atoms with van der Waals surface area (Å²) in [6.45, 7) is 0. The van der Waals surface area contributed by atoms with E-state index >= 15 is 0 Å². The van der Waals surface area contributed by atoms with Gasteiger partial charge in [0, 0.05) is 9.77 Å². The normalized spacial score (nSPS) is 11.2. The molecular weight excluding hydrogens is 384 g/mol. The Morgan fingerprint density at radius 3 is 2.45 bits per heavy atom. The van der Waals surface area contributed by atoms with Crippen LogP contribution in [0.15, 0.2) is 42.6 Å².